The average molecular weight is 353 g/mol. The zero-order chi connectivity index (χ0) is 15.7. The molecule has 2 N–H and O–H groups in total. The van der Waals surface area contributed by atoms with Crippen molar-refractivity contribution in [3.8, 4) is 0 Å². The lowest BCUT2D eigenvalue weighted by Crippen LogP contribution is -2.45. The van der Waals surface area contributed by atoms with Gasteiger partial charge in [0.25, 0.3) is 5.92 Å². The highest BCUT2D eigenvalue weighted by Gasteiger charge is 2.42. The largest absolute Gasteiger partial charge is 0.354 e. The van der Waals surface area contributed by atoms with Crippen LogP contribution in [0.15, 0.2) is 24.3 Å². The van der Waals surface area contributed by atoms with Crippen molar-refractivity contribution in [3.63, 3.8) is 0 Å². The smallest absolute Gasteiger partial charge is 0.262 e. The van der Waals surface area contributed by atoms with E-state index in [9.17, 15) is 13.6 Å². The van der Waals surface area contributed by atoms with Crippen LogP contribution in [0.5, 0.6) is 0 Å². The fraction of sp³-hybridized carbons (Fsp3) is 0.533. The van der Waals surface area contributed by atoms with E-state index in [-0.39, 0.29) is 23.7 Å². The lowest BCUT2D eigenvalue weighted by molar-refractivity contribution is -0.123. The standard InChI is InChI=1S/C15H19ClF2N2O.ClH/c1-14(2,10-3-5-11(16)6-4-10)8-20-13(21)12-7-15(17,18)9-19-12;/h3-6,12,19H,7-9H2,1-2H3,(H,20,21);1H. The minimum absolute atomic E-state index is 0. The normalized spacial score (nSPS) is 20.3. The Morgan fingerprint density at radius 2 is 2.00 bits per heavy atom. The Morgan fingerprint density at radius 3 is 2.50 bits per heavy atom. The number of hydrogen-bond donors (Lipinski definition) is 2. The number of rotatable bonds is 4. The number of carbonyl (C=O) groups is 1. The molecule has 0 radical (unpaired) electrons. The number of benzene rings is 1. The van der Waals surface area contributed by atoms with E-state index in [1.165, 1.54) is 0 Å². The summed E-state index contributed by atoms with van der Waals surface area (Å²) in [7, 11) is 0. The lowest BCUT2D eigenvalue weighted by atomic mass is 9.84. The first-order valence-corrected chi connectivity index (χ1v) is 7.22. The van der Waals surface area contributed by atoms with Gasteiger partial charge < -0.3 is 5.32 Å². The van der Waals surface area contributed by atoms with E-state index in [0.717, 1.165) is 5.56 Å². The molecule has 1 aliphatic rings. The topological polar surface area (TPSA) is 41.1 Å². The van der Waals surface area contributed by atoms with Crippen LogP contribution in [-0.2, 0) is 10.2 Å². The van der Waals surface area contributed by atoms with E-state index >= 15 is 0 Å². The first kappa shape index (κ1) is 19.1. The van der Waals surface area contributed by atoms with Crippen molar-refractivity contribution in [1.29, 1.82) is 0 Å². The molecule has 0 aromatic heterocycles. The van der Waals surface area contributed by atoms with E-state index in [2.05, 4.69) is 10.6 Å². The summed E-state index contributed by atoms with van der Waals surface area (Å²) in [4.78, 5) is 11.9. The number of amides is 1. The second-order valence-electron chi connectivity index (χ2n) is 6.10. The molecule has 1 aliphatic heterocycles. The summed E-state index contributed by atoms with van der Waals surface area (Å²) in [5, 5.41) is 5.95. The summed E-state index contributed by atoms with van der Waals surface area (Å²) in [6, 6.07) is 6.56. The van der Waals surface area contributed by atoms with Gasteiger partial charge in [0, 0.05) is 23.4 Å². The summed E-state index contributed by atoms with van der Waals surface area (Å²) in [5.74, 6) is -3.18. The summed E-state index contributed by atoms with van der Waals surface area (Å²) in [6.07, 6.45) is -0.444. The summed E-state index contributed by atoms with van der Waals surface area (Å²) < 4.78 is 26.2. The molecule has 1 amide bonds. The Morgan fingerprint density at radius 1 is 1.41 bits per heavy atom. The van der Waals surface area contributed by atoms with Gasteiger partial charge in [-0.05, 0) is 17.7 Å². The van der Waals surface area contributed by atoms with Crippen LogP contribution in [0.25, 0.3) is 0 Å². The van der Waals surface area contributed by atoms with Gasteiger partial charge in [-0.3, -0.25) is 10.1 Å². The molecule has 1 aromatic rings. The highest BCUT2D eigenvalue weighted by molar-refractivity contribution is 6.30. The molecule has 0 aliphatic carbocycles. The SMILES string of the molecule is CC(C)(CNC(=O)C1CC(F)(F)CN1)c1ccc(Cl)cc1.Cl. The molecule has 0 spiro atoms. The van der Waals surface area contributed by atoms with Crippen molar-refractivity contribution < 1.29 is 13.6 Å². The van der Waals surface area contributed by atoms with Gasteiger partial charge >= 0.3 is 0 Å². The van der Waals surface area contributed by atoms with Crippen molar-refractivity contribution in [2.75, 3.05) is 13.1 Å². The van der Waals surface area contributed by atoms with E-state index in [1.54, 1.807) is 12.1 Å². The van der Waals surface area contributed by atoms with Gasteiger partial charge in [-0.2, -0.15) is 0 Å². The quantitative estimate of drug-likeness (QED) is 0.873. The third kappa shape index (κ3) is 4.80. The molecule has 7 heteroatoms. The first-order valence-electron chi connectivity index (χ1n) is 6.85. The van der Waals surface area contributed by atoms with E-state index in [1.807, 2.05) is 26.0 Å². The van der Waals surface area contributed by atoms with Crippen LogP contribution < -0.4 is 10.6 Å². The van der Waals surface area contributed by atoms with Crippen LogP contribution in [0.4, 0.5) is 8.78 Å². The second kappa shape index (κ2) is 7.11. The molecule has 0 saturated carbocycles. The van der Waals surface area contributed by atoms with Gasteiger partial charge in [0.05, 0.1) is 12.6 Å². The maximum absolute atomic E-state index is 13.1. The van der Waals surface area contributed by atoms with Crippen molar-refractivity contribution in [2.24, 2.45) is 0 Å². The molecular weight excluding hydrogens is 333 g/mol. The predicted molar refractivity (Wildman–Crippen MR) is 86.1 cm³/mol. The van der Waals surface area contributed by atoms with Gasteiger partial charge in [0.1, 0.15) is 0 Å². The minimum atomic E-state index is -2.80. The van der Waals surface area contributed by atoms with Gasteiger partial charge in [-0.25, -0.2) is 8.78 Å². The molecule has 0 bridgehead atoms. The van der Waals surface area contributed by atoms with Crippen LogP contribution >= 0.6 is 24.0 Å². The van der Waals surface area contributed by atoms with Crippen LogP contribution in [0.2, 0.25) is 5.02 Å². The fourth-order valence-corrected chi connectivity index (χ4v) is 2.46. The van der Waals surface area contributed by atoms with Crippen LogP contribution in [0, 0.1) is 0 Å². The third-order valence-corrected chi connectivity index (χ3v) is 4.01. The molecular formula is C15H20Cl2F2N2O. The zero-order valence-corrected chi connectivity index (χ0v) is 14.0. The number of halogens is 4. The molecule has 2 rings (SSSR count). The minimum Gasteiger partial charge on any atom is -0.354 e. The van der Waals surface area contributed by atoms with E-state index < -0.39 is 24.9 Å². The molecule has 1 unspecified atom stereocenters. The van der Waals surface area contributed by atoms with Crippen molar-refractivity contribution in [3.05, 3.63) is 34.9 Å². The Hall–Kier alpha value is -0.910. The molecule has 22 heavy (non-hydrogen) atoms. The van der Waals surface area contributed by atoms with Gasteiger partial charge in [-0.1, -0.05) is 37.6 Å². The number of carbonyl (C=O) groups excluding carboxylic acids is 1. The summed E-state index contributed by atoms with van der Waals surface area (Å²) in [5.41, 5.74) is 0.721. The van der Waals surface area contributed by atoms with Crippen molar-refractivity contribution in [2.45, 2.75) is 37.6 Å². The Balaban J connectivity index is 0.00000242. The molecule has 1 fully saturated rings. The van der Waals surface area contributed by atoms with Crippen LogP contribution in [-0.4, -0.2) is 31.0 Å². The van der Waals surface area contributed by atoms with E-state index in [0.29, 0.717) is 11.6 Å². The van der Waals surface area contributed by atoms with Crippen molar-refractivity contribution >= 4 is 29.9 Å². The Kier molecular flexibility index (Phi) is 6.18. The molecule has 1 atom stereocenters. The van der Waals surface area contributed by atoms with Gasteiger partial charge in [0.15, 0.2) is 0 Å². The molecule has 1 heterocycles. The number of alkyl halides is 2. The fourth-order valence-electron chi connectivity index (χ4n) is 2.34. The molecule has 3 nitrogen and oxygen atoms in total. The Bertz CT molecular complexity index is 521. The van der Waals surface area contributed by atoms with Gasteiger partial charge in [0.2, 0.25) is 5.91 Å². The monoisotopic (exact) mass is 352 g/mol. The lowest BCUT2D eigenvalue weighted by Gasteiger charge is -2.26. The van der Waals surface area contributed by atoms with Gasteiger partial charge in [-0.15, -0.1) is 12.4 Å². The second-order valence-corrected chi connectivity index (χ2v) is 6.54. The first-order chi connectivity index (χ1) is 9.70. The predicted octanol–water partition coefficient (Wildman–Crippen LogP) is 3.15. The molecule has 1 saturated heterocycles. The summed E-state index contributed by atoms with van der Waals surface area (Å²) in [6.45, 7) is 3.89. The Labute approximate surface area is 140 Å². The van der Waals surface area contributed by atoms with Crippen molar-refractivity contribution in [1.82, 2.24) is 10.6 Å². The maximum Gasteiger partial charge on any atom is 0.262 e. The number of hydrogen-bond acceptors (Lipinski definition) is 2. The van der Waals surface area contributed by atoms with Crippen LogP contribution in [0.3, 0.4) is 0 Å². The molecule has 124 valence electrons. The number of nitrogens with one attached hydrogen (secondary N) is 2. The highest BCUT2D eigenvalue weighted by Crippen LogP contribution is 2.26. The third-order valence-electron chi connectivity index (χ3n) is 3.76. The van der Waals surface area contributed by atoms with Crippen LogP contribution in [0.1, 0.15) is 25.8 Å². The molecule has 1 aromatic carbocycles. The van der Waals surface area contributed by atoms with E-state index in [4.69, 9.17) is 11.6 Å². The average Bonchev–Trinajstić information content (AvgIpc) is 2.77. The summed E-state index contributed by atoms with van der Waals surface area (Å²) >= 11 is 5.85. The maximum atomic E-state index is 13.1. The zero-order valence-electron chi connectivity index (χ0n) is 12.5. The highest BCUT2D eigenvalue weighted by atomic mass is 35.5.